The molecule has 0 radical (unpaired) electrons. The Labute approximate surface area is 194 Å². The number of hydrogen-bond acceptors (Lipinski definition) is 5. The van der Waals surface area contributed by atoms with Crippen molar-refractivity contribution in [3.8, 4) is 5.75 Å². The van der Waals surface area contributed by atoms with Crippen molar-refractivity contribution in [1.82, 2.24) is 9.88 Å². The first-order valence-electron chi connectivity index (χ1n) is 11.0. The molecule has 0 atom stereocenters. The molecule has 1 saturated heterocycles. The van der Waals surface area contributed by atoms with Gasteiger partial charge in [-0.1, -0.05) is 11.6 Å². The van der Waals surface area contributed by atoms with Crippen LogP contribution in [0.3, 0.4) is 0 Å². The molecule has 1 aliphatic rings. The molecule has 32 heavy (non-hydrogen) atoms. The van der Waals surface area contributed by atoms with E-state index in [-0.39, 0.29) is 12.5 Å². The summed E-state index contributed by atoms with van der Waals surface area (Å²) in [5.74, 6) is 1.41. The van der Waals surface area contributed by atoms with Crippen LogP contribution < -0.4 is 15.0 Å². The second kappa shape index (κ2) is 10.2. The minimum absolute atomic E-state index is 0.0702. The van der Waals surface area contributed by atoms with Crippen LogP contribution in [-0.2, 0) is 4.79 Å². The van der Waals surface area contributed by atoms with Gasteiger partial charge in [-0.2, -0.15) is 0 Å². The number of carbonyl (C=O) groups excluding carboxylic acids is 1. The van der Waals surface area contributed by atoms with Crippen LogP contribution in [-0.4, -0.2) is 55.6 Å². The van der Waals surface area contributed by atoms with Gasteiger partial charge in [0.15, 0.2) is 6.61 Å². The number of nitrogens with zero attached hydrogens (tertiary/aromatic N) is 3. The molecule has 2 heterocycles. The van der Waals surface area contributed by atoms with Crippen LogP contribution in [0.4, 0.5) is 11.5 Å². The van der Waals surface area contributed by atoms with Crippen LogP contribution in [0.2, 0.25) is 5.02 Å². The summed E-state index contributed by atoms with van der Waals surface area (Å²) in [4.78, 5) is 22.0. The normalized spacial score (nSPS) is 15.3. The molecule has 168 valence electrons. The highest BCUT2D eigenvalue weighted by Crippen LogP contribution is 2.26. The van der Waals surface area contributed by atoms with Gasteiger partial charge in [0.1, 0.15) is 11.6 Å². The monoisotopic (exact) mass is 452 g/mol. The van der Waals surface area contributed by atoms with Crippen molar-refractivity contribution in [2.75, 3.05) is 50.1 Å². The zero-order valence-electron chi connectivity index (χ0n) is 18.6. The minimum atomic E-state index is -0.216. The highest BCUT2D eigenvalue weighted by molar-refractivity contribution is 6.30. The molecular weight excluding hydrogens is 424 g/mol. The molecule has 0 saturated carbocycles. The van der Waals surface area contributed by atoms with Gasteiger partial charge in [0, 0.05) is 35.7 Å². The first-order valence-corrected chi connectivity index (χ1v) is 11.4. The Morgan fingerprint density at radius 3 is 2.66 bits per heavy atom. The number of likely N-dealkylation sites (N-methyl/N-ethyl adjacent to an activating group) is 1. The van der Waals surface area contributed by atoms with Crippen LogP contribution in [0.1, 0.15) is 18.4 Å². The molecule has 0 spiro atoms. The lowest BCUT2D eigenvalue weighted by Gasteiger charge is -2.30. The van der Waals surface area contributed by atoms with Gasteiger partial charge in [0.05, 0.1) is 5.52 Å². The Kier molecular flexibility index (Phi) is 7.12. The van der Waals surface area contributed by atoms with Crippen LogP contribution in [0.25, 0.3) is 10.9 Å². The van der Waals surface area contributed by atoms with Gasteiger partial charge in [0.2, 0.25) is 0 Å². The van der Waals surface area contributed by atoms with E-state index in [1.807, 2.05) is 18.2 Å². The van der Waals surface area contributed by atoms with E-state index in [4.69, 9.17) is 21.3 Å². The molecule has 0 bridgehead atoms. The molecule has 6 nitrogen and oxygen atoms in total. The zero-order valence-corrected chi connectivity index (χ0v) is 19.4. The van der Waals surface area contributed by atoms with Gasteiger partial charge in [0.25, 0.3) is 5.91 Å². The molecule has 1 aliphatic heterocycles. The molecule has 0 aliphatic carbocycles. The summed E-state index contributed by atoms with van der Waals surface area (Å²) in [6.45, 7) is 6.25. The third-order valence-corrected chi connectivity index (χ3v) is 6.01. The van der Waals surface area contributed by atoms with E-state index in [9.17, 15) is 4.79 Å². The number of fused-ring (bicyclic) bond motifs is 1. The average Bonchev–Trinajstić information content (AvgIpc) is 2.76. The summed E-state index contributed by atoms with van der Waals surface area (Å²) in [5.41, 5.74) is 2.81. The fourth-order valence-corrected chi connectivity index (χ4v) is 4.05. The standard InChI is InChI=1S/C25H29ClN4O2/c1-18-15-24(30-12-4-3-11-29(2)13-14-30)28-23-10-7-20(16-22(18)23)27-25(31)17-32-21-8-5-19(26)6-9-21/h5-10,15-16H,3-4,11-14,17H2,1-2H3,(H,27,31). The topological polar surface area (TPSA) is 57.7 Å². The number of ether oxygens (including phenoxy) is 1. The molecule has 3 aromatic rings. The molecular formula is C25H29ClN4O2. The Bertz CT molecular complexity index is 1090. The van der Waals surface area contributed by atoms with Crippen LogP contribution in [0.15, 0.2) is 48.5 Å². The van der Waals surface area contributed by atoms with Crippen LogP contribution in [0.5, 0.6) is 5.75 Å². The molecule has 1 aromatic heterocycles. The molecule has 1 amide bonds. The second-order valence-corrected chi connectivity index (χ2v) is 8.75. The minimum Gasteiger partial charge on any atom is -0.484 e. The number of amides is 1. The summed E-state index contributed by atoms with van der Waals surface area (Å²) in [5, 5.41) is 4.57. The van der Waals surface area contributed by atoms with Gasteiger partial charge in [-0.05, 0) is 87.5 Å². The van der Waals surface area contributed by atoms with Crippen molar-refractivity contribution in [2.45, 2.75) is 19.8 Å². The Morgan fingerprint density at radius 1 is 1.06 bits per heavy atom. The number of aromatic nitrogens is 1. The summed E-state index contributed by atoms with van der Waals surface area (Å²) in [7, 11) is 2.18. The lowest BCUT2D eigenvalue weighted by molar-refractivity contribution is -0.118. The molecule has 1 fully saturated rings. The maximum Gasteiger partial charge on any atom is 0.262 e. The maximum absolute atomic E-state index is 12.3. The number of rotatable bonds is 5. The van der Waals surface area contributed by atoms with Crippen molar-refractivity contribution in [2.24, 2.45) is 0 Å². The third kappa shape index (κ3) is 5.69. The van der Waals surface area contributed by atoms with E-state index in [1.165, 1.54) is 12.8 Å². The van der Waals surface area contributed by atoms with Crippen LogP contribution in [0, 0.1) is 6.92 Å². The predicted molar refractivity (Wildman–Crippen MR) is 131 cm³/mol. The van der Waals surface area contributed by atoms with Crippen molar-refractivity contribution >= 4 is 39.9 Å². The van der Waals surface area contributed by atoms with E-state index in [1.54, 1.807) is 24.3 Å². The summed E-state index contributed by atoms with van der Waals surface area (Å²) in [6, 6.07) is 14.9. The molecule has 1 N–H and O–H groups in total. The Hall–Kier alpha value is -2.83. The number of carbonyl (C=O) groups is 1. The summed E-state index contributed by atoms with van der Waals surface area (Å²) >= 11 is 5.87. The number of hydrogen-bond donors (Lipinski definition) is 1. The van der Waals surface area contributed by atoms with E-state index in [2.05, 4.69) is 35.2 Å². The van der Waals surface area contributed by atoms with Crippen LogP contribution >= 0.6 is 11.6 Å². The first kappa shape index (κ1) is 22.4. The van der Waals surface area contributed by atoms with Crippen molar-refractivity contribution in [3.63, 3.8) is 0 Å². The summed E-state index contributed by atoms with van der Waals surface area (Å²) < 4.78 is 5.52. The van der Waals surface area contributed by atoms with Gasteiger partial charge in [-0.15, -0.1) is 0 Å². The average molecular weight is 453 g/mol. The van der Waals surface area contributed by atoms with Gasteiger partial charge < -0.3 is 19.9 Å². The van der Waals surface area contributed by atoms with Gasteiger partial charge in [-0.25, -0.2) is 4.98 Å². The van der Waals surface area contributed by atoms with Gasteiger partial charge >= 0.3 is 0 Å². The molecule has 0 unspecified atom stereocenters. The number of aryl methyl sites for hydroxylation is 1. The fraction of sp³-hybridized carbons (Fsp3) is 0.360. The smallest absolute Gasteiger partial charge is 0.262 e. The fourth-order valence-electron chi connectivity index (χ4n) is 3.92. The zero-order chi connectivity index (χ0) is 22.5. The highest BCUT2D eigenvalue weighted by Gasteiger charge is 2.14. The molecule has 2 aromatic carbocycles. The Morgan fingerprint density at radius 2 is 1.84 bits per heavy atom. The lowest BCUT2D eigenvalue weighted by atomic mass is 10.1. The lowest BCUT2D eigenvalue weighted by Crippen LogP contribution is -2.37. The van der Waals surface area contributed by atoms with Gasteiger partial charge in [-0.3, -0.25) is 4.79 Å². The summed E-state index contributed by atoms with van der Waals surface area (Å²) in [6.07, 6.45) is 2.39. The molecule has 4 rings (SSSR count). The number of anilines is 2. The predicted octanol–water partition coefficient (Wildman–Crippen LogP) is 4.75. The number of benzene rings is 2. The first-order chi connectivity index (χ1) is 15.5. The number of halogens is 1. The maximum atomic E-state index is 12.3. The quantitative estimate of drug-likeness (QED) is 0.605. The largest absolute Gasteiger partial charge is 0.484 e. The van der Waals surface area contributed by atoms with E-state index in [0.717, 1.165) is 54.2 Å². The SMILES string of the molecule is Cc1cc(N2CCCCN(C)CC2)nc2ccc(NC(=O)COc3ccc(Cl)cc3)cc12. The Balaban J connectivity index is 1.44. The number of nitrogens with one attached hydrogen (secondary N) is 1. The second-order valence-electron chi connectivity index (χ2n) is 8.32. The van der Waals surface area contributed by atoms with Crippen molar-refractivity contribution < 1.29 is 9.53 Å². The van der Waals surface area contributed by atoms with E-state index >= 15 is 0 Å². The molecule has 7 heteroatoms. The van der Waals surface area contributed by atoms with Crippen molar-refractivity contribution in [1.29, 1.82) is 0 Å². The van der Waals surface area contributed by atoms with Crippen molar-refractivity contribution in [3.05, 3.63) is 59.1 Å². The highest BCUT2D eigenvalue weighted by atomic mass is 35.5. The van der Waals surface area contributed by atoms with E-state index < -0.39 is 0 Å². The van der Waals surface area contributed by atoms with E-state index in [0.29, 0.717) is 10.8 Å². The third-order valence-electron chi connectivity index (χ3n) is 5.76. The number of pyridine rings is 1.